The van der Waals surface area contributed by atoms with E-state index in [1.807, 2.05) is 36.4 Å². The number of hydrogen-bond acceptors (Lipinski definition) is 5. The van der Waals surface area contributed by atoms with Crippen molar-refractivity contribution in [2.75, 3.05) is 33.4 Å². The molecule has 180 valence electrons. The number of allylic oxidation sites excluding steroid dienone is 1. The van der Waals surface area contributed by atoms with Crippen LogP contribution in [-0.4, -0.2) is 44.0 Å². The molecule has 0 N–H and O–H groups in total. The molecule has 0 aliphatic carbocycles. The maximum Gasteiger partial charge on any atom is 0.231 e. The van der Waals surface area contributed by atoms with Gasteiger partial charge < -0.3 is 14.2 Å². The maximum absolute atomic E-state index is 12.7. The summed E-state index contributed by atoms with van der Waals surface area (Å²) in [4.78, 5) is 15.2. The molecule has 0 bridgehead atoms. The minimum Gasteiger partial charge on any atom is -0.497 e. The first-order valence-corrected chi connectivity index (χ1v) is 12.3. The Bertz CT molecular complexity index is 1180. The highest BCUT2D eigenvalue weighted by atomic mass is 16.5. The first-order chi connectivity index (χ1) is 17.2. The molecular formula is C30H31NO4. The van der Waals surface area contributed by atoms with Crippen LogP contribution in [-0.2, 0) is 6.42 Å². The van der Waals surface area contributed by atoms with Gasteiger partial charge in [0.2, 0.25) is 5.78 Å². The number of hydrogen-bond donors (Lipinski definition) is 0. The Balaban J connectivity index is 1.10. The number of nitrogens with zero attached hydrogens (tertiary/aromatic N) is 1. The van der Waals surface area contributed by atoms with Gasteiger partial charge >= 0.3 is 0 Å². The summed E-state index contributed by atoms with van der Waals surface area (Å²) >= 11 is 0. The molecule has 1 saturated heterocycles. The van der Waals surface area contributed by atoms with E-state index < -0.39 is 0 Å². The molecule has 2 aliphatic rings. The molecule has 0 saturated carbocycles. The third-order valence-corrected chi connectivity index (χ3v) is 6.81. The van der Waals surface area contributed by atoms with Crippen LogP contribution in [0.2, 0.25) is 0 Å². The third kappa shape index (κ3) is 5.75. The van der Waals surface area contributed by atoms with Crippen LogP contribution in [0, 0.1) is 5.92 Å². The molecule has 5 rings (SSSR count). The number of carbonyl (C=O) groups excluding carboxylic acids is 1. The number of Topliss-reactive ketones (excluding diaryl/α,β-unsaturated/α-hetero) is 1. The first kappa shape index (κ1) is 23.2. The number of rotatable bonds is 8. The van der Waals surface area contributed by atoms with E-state index in [1.54, 1.807) is 19.3 Å². The van der Waals surface area contributed by atoms with Gasteiger partial charge in [-0.25, -0.2) is 0 Å². The second kappa shape index (κ2) is 10.8. The van der Waals surface area contributed by atoms with Crippen LogP contribution in [0.5, 0.6) is 17.2 Å². The minimum atomic E-state index is -0.110. The second-order valence-electron chi connectivity index (χ2n) is 9.19. The molecule has 0 atom stereocenters. The van der Waals surface area contributed by atoms with Crippen molar-refractivity contribution in [2.24, 2.45) is 5.92 Å². The van der Waals surface area contributed by atoms with Crippen molar-refractivity contribution in [3.63, 3.8) is 0 Å². The monoisotopic (exact) mass is 469 g/mol. The molecule has 5 nitrogen and oxygen atoms in total. The summed E-state index contributed by atoms with van der Waals surface area (Å²) in [5, 5.41) is 0. The van der Waals surface area contributed by atoms with E-state index in [0.717, 1.165) is 42.6 Å². The summed E-state index contributed by atoms with van der Waals surface area (Å²) in [6.07, 6.45) is 5.39. The topological polar surface area (TPSA) is 48.0 Å². The summed E-state index contributed by atoms with van der Waals surface area (Å²) in [6, 6.07) is 23.7. The van der Waals surface area contributed by atoms with E-state index >= 15 is 0 Å². The average molecular weight is 470 g/mol. The van der Waals surface area contributed by atoms with Crippen molar-refractivity contribution in [3.05, 3.63) is 95.2 Å². The Morgan fingerprint density at radius 3 is 2.46 bits per heavy atom. The molecule has 0 aromatic heterocycles. The summed E-state index contributed by atoms with van der Waals surface area (Å²) < 4.78 is 17.1. The van der Waals surface area contributed by atoms with E-state index in [1.165, 1.54) is 24.8 Å². The molecule has 5 heteroatoms. The Morgan fingerprint density at radius 1 is 0.971 bits per heavy atom. The standard InChI is InChI=1S/C30H31NO4/c1-33-25-9-7-23(8-10-25)20-29-30(32)27-12-11-26(21-28(27)35-29)34-18-17-31-15-13-24(14-16-31)19-22-5-3-2-4-6-22/h2-12,20-21,24H,13-19H2,1H3/b29-20-. The number of piperidine rings is 1. The number of carbonyl (C=O) groups is 1. The molecule has 0 radical (unpaired) electrons. The van der Waals surface area contributed by atoms with Crippen molar-refractivity contribution in [3.8, 4) is 17.2 Å². The zero-order valence-electron chi connectivity index (χ0n) is 20.1. The van der Waals surface area contributed by atoms with Gasteiger partial charge in [0.05, 0.1) is 12.7 Å². The highest BCUT2D eigenvalue weighted by Crippen LogP contribution is 2.35. The van der Waals surface area contributed by atoms with Gasteiger partial charge in [0.15, 0.2) is 5.76 Å². The number of fused-ring (bicyclic) bond motifs is 1. The highest BCUT2D eigenvalue weighted by Gasteiger charge is 2.28. The normalized spacial score (nSPS) is 17.3. The van der Waals surface area contributed by atoms with Crippen molar-refractivity contribution in [2.45, 2.75) is 19.3 Å². The largest absolute Gasteiger partial charge is 0.497 e. The lowest BCUT2D eigenvalue weighted by atomic mass is 9.90. The number of likely N-dealkylation sites (tertiary alicyclic amines) is 1. The van der Waals surface area contributed by atoms with Gasteiger partial charge in [-0.15, -0.1) is 0 Å². The van der Waals surface area contributed by atoms with Crippen molar-refractivity contribution in [1.82, 2.24) is 4.90 Å². The summed E-state index contributed by atoms with van der Waals surface area (Å²) in [5.74, 6) is 3.02. The highest BCUT2D eigenvalue weighted by molar-refractivity contribution is 6.14. The Labute approximate surface area is 206 Å². The van der Waals surface area contributed by atoms with Gasteiger partial charge in [-0.1, -0.05) is 42.5 Å². The van der Waals surface area contributed by atoms with Crippen molar-refractivity contribution in [1.29, 1.82) is 0 Å². The quantitative estimate of drug-likeness (QED) is 0.399. The molecule has 0 unspecified atom stereocenters. The van der Waals surface area contributed by atoms with Crippen LogP contribution in [0.15, 0.2) is 78.6 Å². The van der Waals surface area contributed by atoms with Gasteiger partial charge in [0.1, 0.15) is 23.9 Å². The maximum atomic E-state index is 12.7. The molecule has 3 aromatic carbocycles. The van der Waals surface area contributed by atoms with Crippen LogP contribution in [0.25, 0.3) is 6.08 Å². The molecule has 35 heavy (non-hydrogen) atoms. The molecule has 0 amide bonds. The van der Waals surface area contributed by atoms with Crippen LogP contribution in [0.4, 0.5) is 0 Å². The number of ether oxygens (including phenoxy) is 3. The predicted molar refractivity (Wildman–Crippen MR) is 137 cm³/mol. The Morgan fingerprint density at radius 2 is 1.71 bits per heavy atom. The summed E-state index contributed by atoms with van der Waals surface area (Å²) in [6.45, 7) is 3.74. The van der Waals surface area contributed by atoms with Crippen molar-refractivity contribution < 1.29 is 19.0 Å². The van der Waals surface area contributed by atoms with Crippen LogP contribution in [0.3, 0.4) is 0 Å². The molecule has 0 spiro atoms. The fourth-order valence-corrected chi connectivity index (χ4v) is 4.76. The zero-order chi connectivity index (χ0) is 24.0. The van der Waals surface area contributed by atoms with E-state index in [-0.39, 0.29) is 5.78 Å². The summed E-state index contributed by atoms with van der Waals surface area (Å²) in [7, 11) is 1.63. The lowest BCUT2D eigenvalue weighted by Gasteiger charge is -2.31. The molecule has 2 aliphatic heterocycles. The molecule has 1 fully saturated rings. The number of benzene rings is 3. The van der Waals surface area contributed by atoms with Crippen molar-refractivity contribution >= 4 is 11.9 Å². The van der Waals surface area contributed by atoms with E-state index in [2.05, 4.69) is 35.2 Å². The Hall–Kier alpha value is -3.57. The van der Waals surface area contributed by atoms with Gasteiger partial charge in [-0.2, -0.15) is 0 Å². The number of methoxy groups -OCH3 is 1. The second-order valence-corrected chi connectivity index (χ2v) is 9.19. The van der Waals surface area contributed by atoms with Gasteiger partial charge in [-0.05, 0) is 79.7 Å². The molecule has 2 heterocycles. The fraction of sp³-hybridized carbons (Fsp3) is 0.300. The minimum absolute atomic E-state index is 0.110. The van der Waals surface area contributed by atoms with E-state index in [4.69, 9.17) is 14.2 Å². The zero-order valence-corrected chi connectivity index (χ0v) is 20.1. The average Bonchev–Trinajstić information content (AvgIpc) is 3.20. The third-order valence-electron chi connectivity index (χ3n) is 6.81. The summed E-state index contributed by atoms with van der Waals surface area (Å²) in [5.41, 5.74) is 2.89. The van der Waals surface area contributed by atoms with E-state index in [9.17, 15) is 4.79 Å². The first-order valence-electron chi connectivity index (χ1n) is 12.3. The predicted octanol–water partition coefficient (Wildman–Crippen LogP) is 5.64. The lowest BCUT2D eigenvalue weighted by molar-refractivity contribution is 0.101. The van der Waals surface area contributed by atoms with Crippen LogP contribution in [0.1, 0.15) is 34.3 Å². The van der Waals surface area contributed by atoms with Gasteiger partial charge in [0, 0.05) is 12.6 Å². The van der Waals surface area contributed by atoms with Crippen LogP contribution < -0.4 is 14.2 Å². The SMILES string of the molecule is COc1ccc(/C=C2\Oc3cc(OCCN4CCC(Cc5ccccc5)CC4)ccc3C2=O)cc1. The lowest BCUT2D eigenvalue weighted by Crippen LogP contribution is -2.37. The van der Waals surface area contributed by atoms with Gasteiger partial charge in [-0.3, -0.25) is 9.69 Å². The molecular weight excluding hydrogens is 438 g/mol. The number of ketones is 1. The van der Waals surface area contributed by atoms with E-state index in [0.29, 0.717) is 23.7 Å². The molecule has 3 aromatic rings. The van der Waals surface area contributed by atoms with Gasteiger partial charge in [0.25, 0.3) is 0 Å². The fourth-order valence-electron chi connectivity index (χ4n) is 4.76. The Kier molecular flexibility index (Phi) is 7.15. The van der Waals surface area contributed by atoms with Crippen LogP contribution >= 0.6 is 0 Å². The smallest absolute Gasteiger partial charge is 0.231 e.